The van der Waals surface area contributed by atoms with Crippen molar-refractivity contribution in [3.05, 3.63) is 64.7 Å². The number of hydrogen-bond donors (Lipinski definition) is 1. The molecule has 6 nitrogen and oxygen atoms in total. The van der Waals surface area contributed by atoms with Crippen molar-refractivity contribution in [3.63, 3.8) is 0 Å². The largest absolute Gasteiger partial charge is 0.493 e. The molecule has 0 bridgehead atoms. The van der Waals surface area contributed by atoms with Gasteiger partial charge in [0.15, 0.2) is 5.78 Å². The van der Waals surface area contributed by atoms with Crippen LogP contribution in [0.25, 0.3) is 0 Å². The van der Waals surface area contributed by atoms with Crippen LogP contribution in [-0.2, 0) is 16.0 Å². The summed E-state index contributed by atoms with van der Waals surface area (Å²) in [6.07, 6.45) is 9.30. The Morgan fingerprint density at radius 1 is 0.788 bits per heavy atom. The van der Waals surface area contributed by atoms with Gasteiger partial charge in [-0.3, -0.25) is 9.59 Å². The molecule has 0 aliphatic carbocycles. The van der Waals surface area contributed by atoms with Crippen LogP contribution in [0.2, 0.25) is 0 Å². The number of unbranched alkanes of at least 4 members (excludes halogenated alkanes) is 7. The molecule has 0 unspecified atom stereocenters. The zero-order chi connectivity index (χ0) is 24.1. The van der Waals surface area contributed by atoms with Gasteiger partial charge in [-0.15, -0.1) is 0 Å². The number of rotatable bonds is 15. The molecule has 0 aromatic heterocycles. The van der Waals surface area contributed by atoms with Gasteiger partial charge in [0.1, 0.15) is 5.75 Å². The summed E-state index contributed by atoms with van der Waals surface area (Å²) < 4.78 is 10.5. The van der Waals surface area contributed by atoms with Crippen LogP contribution in [0.1, 0.15) is 90.1 Å². The molecule has 1 N–H and O–H groups in total. The van der Waals surface area contributed by atoms with E-state index in [9.17, 15) is 19.5 Å². The molecule has 178 valence electrons. The average Bonchev–Trinajstić information content (AvgIpc) is 2.82. The topological polar surface area (TPSA) is 89.9 Å². The van der Waals surface area contributed by atoms with E-state index in [4.69, 9.17) is 4.74 Å². The van der Waals surface area contributed by atoms with Crippen LogP contribution < -0.4 is 4.74 Å². The van der Waals surface area contributed by atoms with E-state index in [1.54, 1.807) is 30.3 Å². The molecule has 0 aliphatic heterocycles. The first kappa shape index (κ1) is 26.1. The smallest absolute Gasteiger partial charge is 0.337 e. The lowest BCUT2D eigenvalue weighted by molar-refractivity contribution is -0.136. The van der Waals surface area contributed by atoms with Crippen molar-refractivity contribution in [2.45, 2.75) is 64.7 Å². The Balaban J connectivity index is 1.98. The highest BCUT2D eigenvalue weighted by atomic mass is 16.5. The fraction of sp³-hybridized carbons (Fsp3) is 0.444. The minimum absolute atomic E-state index is 0.227. The second-order valence-corrected chi connectivity index (χ2v) is 8.11. The minimum Gasteiger partial charge on any atom is -0.493 e. The number of methoxy groups -OCH3 is 1. The second kappa shape index (κ2) is 14.1. The van der Waals surface area contributed by atoms with Gasteiger partial charge < -0.3 is 14.6 Å². The molecule has 0 radical (unpaired) electrons. The van der Waals surface area contributed by atoms with Crippen molar-refractivity contribution in [3.8, 4) is 5.75 Å². The number of aliphatic carboxylic acids is 1. The molecular formula is C27H34O6. The third-order valence-corrected chi connectivity index (χ3v) is 5.49. The first-order valence-electron chi connectivity index (χ1n) is 11.7. The van der Waals surface area contributed by atoms with E-state index in [0.29, 0.717) is 34.6 Å². The maximum Gasteiger partial charge on any atom is 0.337 e. The highest BCUT2D eigenvalue weighted by molar-refractivity contribution is 6.09. The first-order chi connectivity index (χ1) is 16.0. The van der Waals surface area contributed by atoms with Gasteiger partial charge in [0.25, 0.3) is 0 Å². The Bertz CT molecular complexity index is 917. The molecule has 2 aromatic carbocycles. The van der Waals surface area contributed by atoms with Crippen LogP contribution in [0.5, 0.6) is 5.75 Å². The molecule has 0 saturated carbocycles. The molecule has 33 heavy (non-hydrogen) atoms. The van der Waals surface area contributed by atoms with Gasteiger partial charge in [0.2, 0.25) is 0 Å². The number of esters is 1. The minimum atomic E-state index is -0.987. The van der Waals surface area contributed by atoms with Gasteiger partial charge in [-0.25, -0.2) is 4.79 Å². The Kier molecular flexibility index (Phi) is 11.1. The summed E-state index contributed by atoms with van der Waals surface area (Å²) in [6, 6.07) is 11.0. The monoisotopic (exact) mass is 454 g/mol. The maximum absolute atomic E-state index is 12.9. The lowest BCUT2D eigenvalue weighted by Gasteiger charge is -2.12. The number of hydrogen-bond acceptors (Lipinski definition) is 5. The van der Waals surface area contributed by atoms with E-state index in [0.717, 1.165) is 12.8 Å². The molecule has 0 spiro atoms. The molecule has 6 heteroatoms. The van der Waals surface area contributed by atoms with E-state index in [2.05, 4.69) is 11.7 Å². The predicted octanol–water partition coefficient (Wildman–Crippen LogP) is 5.85. The zero-order valence-corrected chi connectivity index (χ0v) is 19.6. The number of benzene rings is 2. The number of carbonyl (C=O) groups is 3. The zero-order valence-electron chi connectivity index (χ0n) is 19.6. The van der Waals surface area contributed by atoms with Crippen molar-refractivity contribution in [2.24, 2.45) is 0 Å². The molecule has 0 heterocycles. The summed E-state index contributed by atoms with van der Waals surface area (Å²) in [4.78, 5) is 35.8. The Morgan fingerprint density at radius 2 is 1.36 bits per heavy atom. The van der Waals surface area contributed by atoms with Crippen LogP contribution in [0, 0.1) is 0 Å². The third-order valence-electron chi connectivity index (χ3n) is 5.49. The molecule has 0 aliphatic rings. The van der Waals surface area contributed by atoms with Gasteiger partial charge in [0.05, 0.1) is 25.7 Å². The molecule has 2 rings (SSSR count). The van der Waals surface area contributed by atoms with Crippen LogP contribution >= 0.6 is 0 Å². The van der Waals surface area contributed by atoms with Gasteiger partial charge in [-0.05, 0) is 36.8 Å². The highest BCUT2D eigenvalue weighted by Gasteiger charge is 2.15. The third kappa shape index (κ3) is 8.72. The van der Waals surface area contributed by atoms with Crippen molar-refractivity contribution >= 4 is 17.7 Å². The van der Waals surface area contributed by atoms with Crippen LogP contribution in [-0.4, -0.2) is 36.5 Å². The van der Waals surface area contributed by atoms with E-state index >= 15 is 0 Å². The quantitative estimate of drug-likeness (QED) is 0.206. The van der Waals surface area contributed by atoms with E-state index < -0.39 is 11.9 Å². The molecule has 0 amide bonds. The molecule has 2 aromatic rings. The van der Waals surface area contributed by atoms with Crippen molar-refractivity contribution in [2.75, 3.05) is 13.7 Å². The average molecular weight is 455 g/mol. The SMILES string of the molecule is CCCCCCCCCCOc1ccc(C(=O)c2ccc(C(=O)OC)cc2)cc1CC(=O)O. The van der Waals surface area contributed by atoms with E-state index in [1.165, 1.54) is 57.8 Å². The summed E-state index contributed by atoms with van der Waals surface area (Å²) in [5.74, 6) is -1.22. The standard InChI is InChI=1S/C27H34O6/c1-3-4-5-6-7-8-9-10-17-33-24-16-15-22(18-23(24)19-25(28)29)26(30)20-11-13-21(14-12-20)27(31)32-2/h11-16,18H,3-10,17,19H2,1-2H3,(H,28,29). The summed E-state index contributed by atoms with van der Waals surface area (Å²) in [5, 5.41) is 9.29. The number of ketones is 1. The van der Waals surface area contributed by atoms with Crippen molar-refractivity contribution < 1.29 is 29.0 Å². The van der Waals surface area contributed by atoms with Gasteiger partial charge in [-0.2, -0.15) is 0 Å². The fourth-order valence-electron chi connectivity index (χ4n) is 3.62. The van der Waals surface area contributed by atoms with Crippen molar-refractivity contribution in [1.82, 2.24) is 0 Å². The van der Waals surface area contributed by atoms with E-state index in [-0.39, 0.29) is 12.2 Å². The van der Waals surface area contributed by atoms with E-state index in [1.807, 2.05) is 0 Å². The second-order valence-electron chi connectivity index (χ2n) is 8.11. The van der Waals surface area contributed by atoms with Gasteiger partial charge in [0, 0.05) is 16.7 Å². The molecule has 0 fully saturated rings. The fourth-order valence-corrected chi connectivity index (χ4v) is 3.62. The number of carboxylic acid groups (broad SMARTS) is 1. The molecule has 0 saturated heterocycles. The number of carbonyl (C=O) groups excluding carboxylic acids is 2. The number of carboxylic acids is 1. The van der Waals surface area contributed by atoms with Crippen LogP contribution in [0.3, 0.4) is 0 Å². The highest BCUT2D eigenvalue weighted by Crippen LogP contribution is 2.23. The Morgan fingerprint density at radius 3 is 1.97 bits per heavy atom. The van der Waals surface area contributed by atoms with Crippen LogP contribution in [0.15, 0.2) is 42.5 Å². The maximum atomic E-state index is 12.9. The van der Waals surface area contributed by atoms with Crippen molar-refractivity contribution in [1.29, 1.82) is 0 Å². The van der Waals surface area contributed by atoms with Gasteiger partial charge in [-0.1, -0.05) is 64.0 Å². The first-order valence-corrected chi connectivity index (χ1v) is 11.7. The summed E-state index contributed by atoms with van der Waals surface area (Å²) >= 11 is 0. The lowest BCUT2D eigenvalue weighted by atomic mass is 9.99. The Labute approximate surface area is 195 Å². The van der Waals surface area contributed by atoms with Crippen LogP contribution in [0.4, 0.5) is 0 Å². The lowest BCUT2D eigenvalue weighted by Crippen LogP contribution is -2.08. The van der Waals surface area contributed by atoms with Gasteiger partial charge >= 0.3 is 11.9 Å². The number of ether oxygens (including phenoxy) is 2. The molecule has 0 atom stereocenters. The predicted molar refractivity (Wildman–Crippen MR) is 127 cm³/mol. The Hall–Kier alpha value is -3.15. The summed E-state index contributed by atoms with van der Waals surface area (Å²) in [6.45, 7) is 2.73. The molecular weight excluding hydrogens is 420 g/mol. The summed E-state index contributed by atoms with van der Waals surface area (Å²) in [7, 11) is 1.30. The summed E-state index contributed by atoms with van der Waals surface area (Å²) in [5.41, 5.74) is 1.59. The normalized spacial score (nSPS) is 10.6.